The Morgan fingerprint density at radius 3 is 2.64 bits per heavy atom. The van der Waals surface area contributed by atoms with E-state index in [4.69, 9.17) is 10.8 Å². The van der Waals surface area contributed by atoms with Crippen LogP contribution in [0.15, 0.2) is 6.07 Å². The quantitative estimate of drug-likeness (QED) is 0.818. The Bertz CT molecular complexity index is 384. The van der Waals surface area contributed by atoms with E-state index in [9.17, 15) is 13.6 Å². The Labute approximate surface area is 91.3 Å². The average molecular weight is 314 g/mol. The predicted molar refractivity (Wildman–Crippen MR) is 53.3 cm³/mol. The van der Waals surface area contributed by atoms with Crippen LogP contribution in [0.1, 0.15) is 22.5 Å². The summed E-state index contributed by atoms with van der Waals surface area (Å²) in [6.45, 7) is 0. The number of anilines is 1. The van der Waals surface area contributed by atoms with Crippen LogP contribution in [0.25, 0.3) is 0 Å². The largest absolute Gasteiger partial charge is 0.476 e. The number of carboxylic acid groups (broad SMARTS) is 1. The van der Waals surface area contributed by atoms with Crippen LogP contribution in [0.2, 0.25) is 0 Å². The molecule has 0 atom stereocenters. The number of nitrogens with two attached hydrogens (primary N) is 1. The first kappa shape index (κ1) is 11.1. The van der Waals surface area contributed by atoms with E-state index in [0.29, 0.717) is 0 Å². The lowest BCUT2D eigenvalue weighted by molar-refractivity contribution is 0.0677. The van der Waals surface area contributed by atoms with Gasteiger partial charge >= 0.3 is 5.97 Å². The monoisotopic (exact) mass is 314 g/mol. The summed E-state index contributed by atoms with van der Waals surface area (Å²) >= 11 is 1.60. The first-order valence-electron chi connectivity index (χ1n) is 3.41. The second kappa shape index (κ2) is 4.03. The van der Waals surface area contributed by atoms with Gasteiger partial charge in [-0.3, -0.25) is 0 Å². The van der Waals surface area contributed by atoms with Gasteiger partial charge in [0.05, 0.1) is 5.56 Å². The second-order valence-corrected chi connectivity index (χ2v) is 3.56. The summed E-state index contributed by atoms with van der Waals surface area (Å²) in [6, 6.07) is 1.20. The van der Waals surface area contributed by atoms with Crippen molar-refractivity contribution in [2.75, 3.05) is 5.73 Å². The molecular formula is C7H5F2IN2O2. The normalized spacial score (nSPS) is 10.6. The summed E-state index contributed by atoms with van der Waals surface area (Å²) in [5.74, 6) is -1.60. The molecule has 0 aliphatic heterocycles. The van der Waals surface area contributed by atoms with Crippen LogP contribution >= 0.6 is 22.6 Å². The van der Waals surface area contributed by atoms with Gasteiger partial charge in [0.1, 0.15) is 5.82 Å². The molecule has 3 N–H and O–H groups in total. The Balaban J connectivity index is 3.44. The molecule has 0 aliphatic carbocycles. The summed E-state index contributed by atoms with van der Waals surface area (Å²) in [5.41, 5.74) is 3.96. The Morgan fingerprint density at radius 2 is 2.21 bits per heavy atom. The van der Waals surface area contributed by atoms with E-state index in [1.54, 1.807) is 22.6 Å². The fourth-order valence-electron chi connectivity index (χ4n) is 0.913. The molecule has 14 heavy (non-hydrogen) atoms. The number of nitrogen functional groups attached to an aromatic ring is 1. The van der Waals surface area contributed by atoms with E-state index >= 15 is 0 Å². The average Bonchev–Trinajstić information content (AvgIpc) is 2.01. The molecule has 76 valence electrons. The summed E-state index contributed by atoms with van der Waals surface area (Å²) in [6.07, 6.45) is -2.87. The lowest BCUT2D eigenvalue weighted by atomic mass is 10.2. The maximum Gasteiger partial charge on any atom is 0.355 e. The van der Waals surface area contributed by atoms with Gasteiger partial charge in [0.25, 0.3) is 6.43 Å². The lowest BCUT2D eigenvalue weighted by Gasteiger charge is -2.07. The van der Waals surface area contributed by atoms with Crippen molar-refractivity contribution in [3.05, 3.63) is 20.9 Å². The number of pyridine rings is 1. The number of carbonyl (C=O) groups is 1. The van der Waals surface area contributed by atoms with Crippen LogP contribution < -0.4 is 5.73 Å². The zero-order valence-corrected chi connectivity index (χ0v) is 8.83. The number of carboxylic acids is 1. The van der Waals surface area contributed by atoms with Crippen LogP contribution in [0, 0.1) is 3.57 Å². The second-order valence-electron chi connectivity index (χ2n) is 2.40. The molecule has 0 aliphatic rings. The number of aromatic nitrogens is 1. The topological polar surface area (TPSA) is 76.2 Å². The summed E-state index contributed by atoms with van der Waals surface area (Å²) in [4.78, 5) is 13.9. The van der Waals surface area contributed by atoms with Crippen LogP contribution in [0.5, 0.6) is 0 Å². The Hall–Kier alpha value is -0.990. The van der Waals surface area contributed by atoms with Gasteiger partial charge in [-0.05, 0) is 28.7 Å². The molecule has 0 spiro atoms. The van der Waals surface area contributed by atoms with Crippen molar-refractivity contribution in [2.45, 2.75) is 6.43 Å². The van der Waals surface area contributed by atoms with Crippen LogP contribution in [0.4, 0.5) is 14.6 Å². The molecule has 0 radical (unpaired) electrons. The van der Waals surface area contributed by atoms with Gasteiger partial charge in [0, 0.05) is 3.57 Å². The van der Waals surface area contributed by atoms with E-state index in [1.165, 1.54) is 6.07 Å². The first-order valence-corrected chi connectivity index (χ1v) is 4.48. The zero-order chi connectivity index (χ0) is 10.9. The predicted octanol–water partition coefficient (Wildman–Crippen LogP) is 1.90. The number of alkyl halides is 2. The summed E-state index contributed by atoms with van der Waals surface area (Å²) < 4.78 is 25.0. The van der Waals surface area contributed by atoms with E-state index < -0.39 is 23.7 Å². The first-order chi connectivity index (χ1) is 6.43. The van der Waals surface area contributed by atoms with E-state index in [1.807, 2.05) is 0 Å². The SMILES string of the molecule is Nc1cc(I)c(C(F)F)c(C(=O)O)n1. The molecule has 1 aromatic rings. The number of hydrogen-bond acceptors (Lipinski definition) is 3. The van der Waals surface area contributed by atoms with Crippen molar-refractivity contribution >= 4 is 34.4 Å². The molecule has 0 amide bonds. The smallest absolute Gasteiger partial charge is 0.355 e. The Morgan fingerprint density at radius 1 is 1.64 bits per heavy atom. The van der Waals surface area contributed by atoms with Gasteiger partial charge in [-0.15, -0.1) is 0 Å². The van der Waals surface area contributed by atoms with Crippen molar-refractivity contribution in [1.82, 2.24) is 4.98 Å². The maximum atomic E-state index is 12.4. The van der Waals surface area contributed by atoms with E-state index in [-0.39, 0.29) is 9.39 Å². The van der Waals surface area contributed by atoms with Crippen LogP contribution in [-0.4, -0.2) is 16.1 Å². The molecule has 0 saturated carbocycles. The minimum atomic E-state index is -2.87. The molecule has 0 saturated heterocycles. The van der Waals surface area contributed by atoms with Gasteiger partial charge in [0.2, 0.25) is 0 Å². The number of aromatic carboxylic acids is 1. The van der Waals surface area contributed by atoms with Gasteiger partial charge in [0.15, 0.2) is 5.69 Å². The maximum absolute atomic E-state index is 12.4. The molecule has 0 fully saturated rings. The number of hydrogen-bond donors (Lipinski definition) is 2. The minimum Gasteiger partial charge on any atom is -0.476 e. The van der Waals surface area contributed by atoms with Gasteiger partial charge in [-0.25, -0.2) is 18.6 Å². The van der Waals surface area contributed by atoms with Gasteiger partial charge < -0.3 is 10.8 Å². The van der Waals surface area contributed by atoms with Crippen LogP contribution in [-0.2, 0) is 0 Å². The van der Waals surface area contributed by atoms with Crippen molar-refractivity contribution in [1.29, 1.82) is 0 Å². The third-order valence-corrected chi connectivity index (χ3v) is 2.34. The lowest BCUT2D eigenvalue weighted by Crippen LogP contribution is -2.10. The van der Waals surface area contributed by atoms with Gasteiger partial charge in [-0.2, -0.15) is 0 Å². The fraction of sp³-hybridized carbons (Fsp3) is 0.143. The number of halogens is 3. The highest BCUT2D eigenvalue weighted by Gasteiger charge is 2.23. The summed E-state index contributed by atoms with van der Waals surface area (Å²) in [5, 5.41) is 8.61. The van der Waals surface area contributed by atoms with Crippen molar-refractivity contribution < 1.29 is 18.7 Å². The zero-order valence-electron chi connectivity index (χ0n) is 6.67. The fourth-order valence-corrected chi connectivity index (χ4v) is 1.72. The highest BCUT2D eigenvalue weighted by molar-refractivity contribution is 14.1. The standard InChI is InChI=1S/C7H5F2IN2O2/c8-6(9)4-2(10)1-3(11)12-5(4)7(13)14/h1,6H,(H2,11,12)(H,13,14). The summed E-state index contributed by atoms with van der Waals surface area (Å²) in [7, 11) is 0. The number of rotatable bonds is 2. The third kappa shape index (κ3) is 2.08. The molecule has 0 aromatic carbocycles. The van der Waals surface area contributed by atoms with Crippen molar-refractivity contribution in [2.24, 2.45) is 0 Å². The Kier molecular flexibility index (Phi) is 3.19. The molecule has 1 heterocycles. The van der Waals surface area contributed by atoms with E-state index in [2.05, 4.69) is 4.98 Å². The third-order valence-electron chi connectivity index (χ3n) is 1.45. The van der Waals surface area contributed by atoms with Crippen molar-refractivity contribution in [3.8, 4) is 0 Å². The molecule has 0 unspecified atom stereocenters. The highest BCUT2D eigenvalue weighted by Crippen LogP contribution is 2.28. The van der Waals surface area contributed by atoms with Crippen LogP contribution in [0.3, 0.4) is 0 Å². The number of nitrogens with zero attached hydrogens (tertiary/aromatic N) is 1. The highest BCUT2D eigenvalue weighted by atomic mass is 127. The molecule has 1 rings (SSSR count). The molecule has 4 nitrogen and oxygen atoms in total. The van der Waals surface area contributed by atoms with Crippen molar-refractivity contribution in [3.63, 3.8) is 0 Å². The minimum absolute atomic E-state index is 0.0869. The molecule has 1 aromatic heterocycles. The van der Waals surface area contributed by atoms with E-state index in [0.717, 1.165) is 0 Å². The molecular weight excluding hydrogens is 309 g/mol. The van der Waals surface area contributed by atoms with Gasteiger partial charge in [-0.1, -0.05) is 0 Å². The molecule has 0 bridgehead atoms. The molecule has 7 heteroatoms.